The van der Waals surface area contributed by atoms with Gasteiger partial charge in [0.25, 0.3) is 0 Å². The van der Waals surface area contributed by atoms with E-state index in [0.29, 0.717) is 19.0 Å². The average Bonchev–Trinajstić information content (AvgIpc) is 2.91. The van der Waals surface area contributed by atoms with Crippen LogP contribution in [0.2, 0.25) is 0 Å². The maximum Gasteiger partial charge on any atom is 0.227 e. The monoisotopic (exact) mass is 364 g/mol. The van der Waals surface area contributed by atoms with Crippen molar-refractivity contribution < 1.29 is 9.59 Å². The highest BCUT2D eigenvalue weighted by Gasteiger charge is 2.36. The normalized spacial score (nSPS) is 22.9. The van der Waals surface area contributed by atoms with Crippen molar-refractivity contribution in [2.24, 2.45) is 5.92 Å². The maximum absolute atomic E-state index is 12.4. The second kappa shape index (κ2) is 6.82. The Bertz CT molecular complexity index is 570. The molecule has 1 atom stereocenters. The summed E-state index contributed by atoms with van der Waals surface area (Å²) < 4.78 is 0.886. The average molecular weight is 365 g/mol. The number of halogens is 1. The fourth-order valence-electron chi connectivity index (χ4n) is 3.35. The molecule has 5 heteroatoms. The van der Waals surface area contributed by atoms with Crippen molar-refractivity contribution in [1.29, 1.82) is 0 Å². The number of rotatable bonds is 3. The Kier molecular flexibility index (Phi) is 4.81. The second-order valence-electron chi connectivity index (χ2n) is 6.20. The third-order valence-corrected chi connectivity index (χ3v) is 5.26. The standard InChI is InChI=1S/C17H21BrN2O2/c18-14-8-4-5-9-15(14)20-11-12(10-16(20)21)17(22)19-13-6-2-1-3-7-13/h4-5,8-9,12-13H,1-3,6-7,10-11H2,(H,19,22). The third kappa shape index (κ3) is 3.35. The van der Waals surface area contributed by atoms with Gasteiger partial charge in [-0.2, -0.15) is 0 Å². The molecule has 1 aliphatic heterocycles. The van der Waals surface area contributed by atoms with Crippen LogP contribution in [0.1, 0.15) is 38.5 Å². The van der Waals surface area contributed by atoms with Crippen LogP contribution in [0, 0.1) is 5.92 Å². The lowest BCUT2D eigenvalue weighted by Gasteiger charge is -2.24. The summed E-state index contributed by atoms with van der Waals surface area (Å²) in [7, 11) is 0. The molecular formula is C17H21BrN2O2. The van der Waals surface area contributed by atoms with E-state index < -0.39 is 0 Å². The van der Waals surface area contributed by atoms with Gasteiger partial charge in [0.05, 0.1) is 11.6 Å². The minimum atomic E-state index is -0.235. The van der Waals surface area contributed by atoms with E-state index in [0.717, 1.165) is 23.0 Å². The summed E-state index contributed by atoms with van der Waals surface area (Å²) in [4.78, 5) is 26.4. The molecule has 22 heavy (non-hydrogen) atoms. The molecule has 3 rings (SSSR count). The Balaban J connectivity index is 1.64. The number of carbonyl (C=O) groups excluding carboxylic acids is 2. The topological polar surface area (TPSA) is 49.4 Å². The summed E-state index contributed by atoms with van der Waals surface area (Å²) in [6.07, 6.45) is 6.10. The van der Waals surface area contributed by atoms with Crippen LogP contribution in [0.15, 0.2) is 28.7 Å². The van der Waals surface area contributed by atoms with Gasteiger partial charge in [0.15, 0.2) is 0 Å². The van der Waals surface area contributed by atoms with Crippen molar-refractivity contribution in [3.8, 4) is 0 Å². The minimum Gasteiger partial charge on any atom is -0.353 e. The first-order valence-electron chi connectivity index (χ1n) is 8.00. The van der Waals surface area contributed by atoms with Gasteiger partial charge < -0.3 is 10.2 Å². The smallest absolute Gasteiger partial charge is 0.227 e. The van der Waals surface area contributed by atoms with Gasteiger partial charge in [0.2, 0.25) is 11.8 Å². The lowest BCUT2D eigenvalue weighted by Crippen LogP contribution is -2.40. The van der Waals surface area contributed by atoms with E-state index in [1.807, 2.05) is 24.3 Å². The Morgan fingerprint density at radius 3 is 2.64 bits per heavy atom. The van der Waals surface area contributed by atoms with Crippen LogP contribution in [-0.2, 0) is 9.59 Å². The number of nitrogens with zero attached hydrogens (tertiary/aromatic N) is 1. The zero-order chi connectivity index (χ0) is 15.5. The van der Waals surface area contributed by atoms with Crippen molar-refractivity contribution in [1.82, 2.24) is 5.32 Å². The van der Waals surface area contributed by atoms with Crippen LogP contribution in [0.25, 0.3) is 0 Å². The van der Waals surface area contributed by atoms with Crippen molar-refractivity contribution in [3.63, 3.8) is 0 Å². The number of hydrogen-bond donors (Lipinski definition) is 1. The van der Waals surface area contributed by atoms with E-state index in [-0.39, 0.29) is 17.7 Å². The van der Waals surface area contributed by atoms with E-state index in [1.54, 1.807) is 4.90 Å². The molecule has 4 nitrogen and oxygen atoms in total. The minimum absolute atomic E-state index is 0.0238. The van der Waals surface area contributed by atoms with E-state index in [1.165, 1.54) is 19.3 Å². The van der Waals surface area contributed by atoms with Crippen LogP contribution in [-0.4, -0.2) is 24.4 Å². The summed E-state index contributed by atoms with van der Waals surface area (Å²) in [6.45, 7) is 0.472. The van der Waals surface area contributed by atoms with E-state index in [4.69, 9.17) is 0 Å². The Morgan fingerprint density at radius 2 is 1.91 bits per heavy atom. The van der Waals surface area contributed by atoms with Crippen molar-refractivity contribution >= 4 is 33.4 Å². The van der Waals surface area contributed by atoms with Gasteiger partial charge >= 0.3 is 0 Å². The molecular weight excluding hydrogens is 344 g/mol. The lowest BCUT2D eigenvalue weighted by molar-refractivity contribution is -0.127. The molecule has 1 saturated carbocycles. The van der Waals surface area contributed by atoms with Crippen LogP contribution in [0.5, 0.6) is 0 Å². The van der Waals surface area contributed by atoms with Crippen LogP contribution >= 0.6 is 15.9 Å². The van der Waals surface area contributed by atoms with E-state index in [2.05, 4.69) is 21.2 Å². The van der Waals surface area contributed by atoms with Crippen LogP contribution in [0.3, 0.4) is 0 Å². The van der Waals surface area contributed by atoms with Gasteiger partial charge in [-0.25, -0.2) is 0 Å². The number of amides is 2. The first-order chi connectivity index (χ1) is 10.6. The molecule has 0 aromatic heterocycles. The zero-order valence-electron chi connectivity index (χ0n) is 12.6. The van der Waals surface area contributed by atoms with Crippen molar-refractivity contribution in [3.05, 3.63) is 28.7 Å². The highest BCUT2D eigenvalue weighted by molar-refractivity contribution is 9.10. The van der Waals surface area contributed by atoms with Gasteiger partial charge in [-0.1, -0.05) is 31.4 Å². The van der Waals surface area contributed by atoms with Gasteiger partial charge in [0, 0.05) is 23.5 Å². The van der Waals surface area contributed by atoms with Gasteiger partial charge in [0.1, 0.15) is 0 Å². The number of anilines is 1. The molecule has 1 N–H and O–H groups in total. The quantitative estimate of drug-likeness (QED) is 0.894. The predicted octanol–water partition coefficient (Wildman–Crippen LogP) is 3.25. The highest BCUT2D eigenvalue weighted by atomic mass is 79.9. The molecule has 1 aromatic carbocycles. The molecule has 1 aliphatic carbocycles. The number of carbonyl (C=O) groups is 2. The number of nitrogens with one attached hydrogen (secondary N) is 1. The SMILES string of the molecule is O=C(NC1CCCCC1)C1CC(=O)N(c2ccccc2Br)C1. The Labute approximate surface area is 139 Å². The highest BCUT2D eigenvalue weighted by Crippen LogP contribution is 2.31. The summed E-state index contributed by atoms with van der Waals surface area (Å²) in [5, 5.41) is 3.14. The van der Waals surface area contributed by atoms with Crippen molar-refractivity contribution in [2.45, 2.75) is 44.6 Å². The second-order valence-corrected chi connectivity index (χ2v) is 7.05. The Morgan fingerprint density at radius 1 is 1.18 bits per heavy atom. The van der Waals surface area contributed by atoms with E-state index in [9.17, 15) is 9.59 Å². The molecule has 1 saturated heterocycles. The number of para-hydroxylation sites is 1. The lowest BCUT2D eigenvalue weighted by atomic mass is 9.95. The summed E-state index contributed by atoms with van der Waals surface area (Å²) >= 11 is 3.48. The fraction of sp³-hybridized carbons (Fsp3) is 0.529. The third-order valence-electron chi connectivity index (χ3n) is 4.59. The Hall–Kier alpha value is -1.36. The fourth-order valence-corrected chi connectivity index (χ4v) is 3.85. The molecule has 1 aromatic rings. The van der Waals surface area contributed by atoms with Crippen molar-refractivity contribution in [2.75, 3.05) is 11.4 Å². The molecule has 0 radical (unpaired) electrons. The zero-order valence-corrected chi connectivity index (χ0v) is 14.1. The molecule has 2 amide bonds. The molecule has 0 spiro atoms. The van der Waals surface area contributed by atoms with Crippen LogP contribution < -0.4 is 10.2 Å². The molecule has 2 aliphatic rings. The summed E-state index contributed by atoms with van der Waals surface area (Å²) in [5.41, 5.74) is 0.848. The van der Waals surface area contributed by atoms with Gasteiger partial charge in [-0.05, 0) is 40.9 Å². The molecule has 118 valence electrons. The van der Waals surface area contributed by atoms with Crippen LogP contribution in [0.4, 0.5) is 5.69 Å². The first kappa shape index (κ1) is 15.5. The number of benzene rings is 1. The molecule has 1 unspecified atom stereocenters. The number of hydrogen-bond acceptors (Lipinski definition) is 2. The molecule has 0 bridgehead atoms. The summed E-state index contributed by atoms with van der Waals surface area (Å²) in [5.74, 6) is -0.174. The first-order valence-corrected chi connectivity index (χ1v) is 8.79. The van der Waals surface area contributed by atoms with E-state index >= 15 is 0 Å². The summed E-state index contributed by atoms with van der Waals surface area (Å²) in [6, 6.07) is 7.94. The predicted molar refractivity (Wildman–Crippen MR) is 89.6 cm³/mol. The molecule has 1 heterocycles. The largest absolute Gasteiger partial charge is 0.353 e. The van der Waals surface area contributed by atoms with Gasteiger partial charge in [-0.3, -0.25) is 9.59 Å². The van der Waals surface area contributed by atoms with Gasteiger partial charge in [-0.15, -0.1) is 0 Å². The molecule has 2 fully saturated rings. The maximum atomic E-state index is 12.4.